The molecule has 0 radical (unpaired) electrons. The highest BCUT2D eigenvalue weighted by molar-refractivity contribution is 5.79. The Balaban J connectivity index is 2.60. The molecule has 1 saturated carbocycles. The van der Waals surface area contributed by atoms with Crippen LogP contribution in [0.4, 0.5) is 4.79 Å². The molecule has 5 heteroatoms. The monoisotopic (exact) mass is 238 g/mol. The van der Waals surface area contributed by atoms with Crippen LogP contribution in [0, 0.1) is 17.8 Å². The second-order valence-electron chi connectivity index (χ2n) is 4.67. The highest BCUT2D eigenvalue weighted by atomic mass is 16.4. The van der Waals surface area contributed by atoms with Crippen molar-refractivity contribution < 1.29 is 14.7 Å². The van der Waals surface area contributed by atoms with E-state index in [1.54, 1.807) is 13.8 Å². The summed E-state index contributed by atoms with van der Waals surface area (Å²) in [5.41, 5.74) is -0.878. The first kappa shape index (κ1) is 13.4. The van der Waals surface area contributed by atoms with Crippen molar-refractivity contribution in [3.8, 4) is 12.3 Å². The molecular weight excluding hydrogens is 220 g/mol. The van der Waals surface area contributed by atoms with E-state index in [0.29, 0.717) is 12.8 Å². The average molecular weight is 238 g/mol. The second kappa shape index (κ2) is 5.09. The number of carbonyl (C=O) groups is 2. The molecule has 0 saturated heterocycles. The molecule has 3 unspecified atom stereocenters. The van der Waals surface area contributed by atoms with Gasteiger partial charge in [0, 0.05) is 6.04 Å². The number of carboxylic acids is 1. The normalized spacial score (nSPS) is 29.1. The summed E-state index contributed by atoms with van der Waals surface area (Å²) < 4.78 is 0. The lowest BCUT2D eigenvalue weighted by atomic mass is 9.85. The van der Waals surface area contributed by atoms with Crippen LogP contribution in [0.3, 0.4) is 0 Å². The SMILES string of the molecule is C#CC(C)NC(=O)NC1CCCC1(C)C(=O)O. The van der Waals surface area contributed by atoms with E-state index in [9.17, 15) is 14.7 Å². The Bertz CT molecular complexity index is 361. The summed E-state index contributed by atoms with van der Waals surface area (Å²) in [4.78, 5) is 22.8. The minimum Gasteiger partial charge on any atom is -0.481 e. The molecule has 2 amide bonds. The number of rotatable bonds is 3. The van der Waals surface area contributed by atoms with Gasteiger partial charge in [0.05, 0.1) is 11.5 Å². The molecule has 0 aromatic rings. The first-order chi connectivity index (χ1) is 7.90. The Morgan fingerprint density at radius 2 is 2.24 bits per heavy atom. The summed E-state index contributed by atoms with van der Waals surface area (Å²) in [6.45, 7) is 3.35. The fourth-order valence-electron chi connectivity index (χ4n) is 2.09. The number of carboxylic acid groups (broad SMARTS) is 1. The molecule has 17 heavy (non-hydrogen) atoms. The van der Waals surface area contributed by atoms with E-state index in [1.807, 2.05) is 0 Å². The van der Waals surface area contributed by atoms with E-state index in [1.165, 1.54) is 0 Å². The van der Waals surface area contributed by atoms with Gasteiger partial charge in [0.2, 0.25) is 0 Å². The number of amides is 2. The summed E-state index contributed by atoms with van der Waals surface area (Å²) in [6, 6.07) is -1.12. The Labute approximate surface area is 101 Å². The molecule has 3 N–H and O–H groups in total. The van der Waals surface area contributed by atoms with E-state index in [-0.39, 0.29) is 12.1 Å². The molecule has 5 nitrogen and oxygen atoms in total. The van der Waals surface area contributed by atoms with Crippen molar-refractivity contribution in [2.75, 3.05) is 0 Å². The van der Waals surface area contributed by atoms with Gasteiger partial charge in [-0.05, 0) is 26.7 Å². The van der Waals surface area contributed by atoms with E-state index in [4.69, 9.17) is 6.42 Å². The molecule has 0 aromatic carbocycles. The third-order valence-corrected chi connectivity index (χ3v) is 3.35. The number of hydrogen-bond donors (Lipinski definition) is 3. The molecule has 94 valence electrons. The molecule has 0 bridgehead atoms. The van der Waals surface area contributed by atoms with E-state index < -0.39 is 17.4 Å². The summed E-state index contributed by atoms with van der Waals surface area (Å²) in [7, 11) is 0. The Morgan fingerprint density at radius 3 is 2.76 bits per heavy atom. The fourth-order valence-corrected chi connectivity index (χ4v) is 2.09. The number of carbonyl (C=O) groups excluding carboxylic acids is 1. The van der Waals surface area contributed by atoms with E-state index >= 15 is 0 Å². The lowest BCUT2D eigenvalue weighted by Crippen LogP contribution is -2.51. The number of aliphatic carboxylic acids is 1. The maximum Gasteiger partial charge on any atom is 0.316 e. The van der Waals surface area contributed by atoms with Crippen LogP contribution in [0.25, 0.3) is 0 Å². The fraction of sp³-hybridized carbons (Fsp3) is 0.667. The lowest BCUT2D eigenvalue weighted by molar-refractivity contribution is -0.148. The van der Waals surface area contributed by atoms with Crippen LogP contribution in [0.1, 0.15) is 33.1 Å². The van der Waals surface area contributed by atoms with Gasteiger partial charge in [-0.25, -0.2) is 4.79 Å². The first-order valence-corrected chi connectivity index (χ1v) is 5.66. The number of hydrogen-bond acceptors (Lipinski definition) is 2. The molecule has 1 fully saturated rings. The van der Waals surface area contributed by atoms with E-state index in [0.717, 1.165) is 6.42 Å². The van der Waals surface area contributed by atoms with Crippen LogP contribution in [-0.2, 0) is 4.79 Å². The maximum absolute atomic E-state index is 11.6. The second-order valence-corrected chi connectivity index (χ2v) is 4.67. The Morgan fingerprint density at radius 1 is 1.59 bits per heavy atom. The summed E-state index contributed by atoms with van der Waals surface area (Å²) in [6.07, 6.45) is 7.21. The van der Waals surface area contributed by atoms with Gasteiger partial charge in [0.15, 0.2) is 0 Å². The van der Waals surface area contributed by atoms with Crippen molar-refractivity contribution in [2.24, 2.45) is 5.41 Å². The van der Waals surface area contributed by atoms with Gasteiger partial charge in [-0.15, -0.1) is 6.42 Å². The van der Waals surface area contributed by atoms with Crippen LogP contribution in [-0.4, -0.2) is 29.2 Å². The van der Waals surface area contributed by atoms with Crippen molar-refractivity contribution in [3.63, 3.8) is 0 Å². The predicted molar refractivity (Wildman–Crippen MR) is 63.3 cm³/mol. The van der Waals surface area contributed by atoms with Crippen LogP contribution < -0.4 is 10.6 Å². The number of terminal acetylenes is 1. The van der Waals surface area contributed by atoms with Crippen LogP contribution in [0.15, 0.2) is 0 Å². The van der Waals surface area contributed by atoms with Crippen molar-refractivity contribution in [1.82, 2.24) is 10.6 Å². The van der Waals surface area contributed by atoms with Crippen molar-refractivity contribution in [3.05, 3.63) is 0 Å². The number of nitrogens with one attached hydrogen (secondary N) is 2. The lowest BCUT2D eigenvalue weighted by Gasteiger charge is -2.28. The van der Waals surface area contributed by atoms with Crippen molar-refractivity contribution in [1.29, 1.82) is 0 Å². The summed E-state index contributed by atoms with van der Waals surface area (Å²) in [5.74, 6) is 1.51. The van der Waals surface area contributed by atoms with Crippen LogP contribution >= 0.6 is 0 Å². The highest BCUT2D eigenvalue weighted by Crippen LogP contribution is 2.38. The smallest absolute Gasteiger partial charge is 0.316 e. The van der Waals surface area contributed by atoms with Gasteiger partial charge >= 0.3 is 12.0 Å². The zero-order valence-corrected chi connectivity index (χ0v) is 10.1. The van der Waals surface area contributed by atoms with Gasteiger partial charge in [0.1, 0.15) is 0 Å². The molecular formula is C12H18N2O3. The van der Waals surface area contributed by atoms with E-state index in [2.05, 4.69) is 16.6 Å². The van der Waals surface area contributed by atoms with Gasteiger partial charge < -0.3 is 15.7 Å². The number of urea groups is 1. The predicted octanol–water partition coefficient (Wildman–Crippen LogP) is 0.951. The molecule has 1 aliphatic rings. The Kier molecular flexibility index (Phi) is 4.00. The highest BCUT2D eigenvalue weighted by Gasteiger charge is 2.45. The van der Waals surface area contributed by atoms with Crippen molar-refractivity contribution in [2.45, 2.75) is 45.2 Å². The zero-order valence-electron chi connectivity index (χ0n) is 10.1. The maximum atomic E-state index is 11.6. The van der Waals surface area contributed by atoms with Crippen LogP contribution in [0.2, 0.25) is 0 Å². The quantitative estimate of drug-likeness (QED) is 0.640. The third kappa shape index (κ3) is 2.90. The van der Waals surface area contributed by atoms with Gasteiger partial charge in [-0.1, -0.05) is 12.3 Å². The first-order valence-electron chi connectivity index (χ1n) is 5.66. The molecule has 1 rings (SSSR count). The Hall–Kier alpha value is -1.70. The molecule has 0 aliphatic heterocycles. The molecule has 0 spiro atoms. The van der Waals surface area contributed by atoms with Gasteiger partial charge in [-0.2, -0.15) is 0 Å². The van der Waals surface area contributed by atoms with Crippen LogP contribution in [0.5, 0.6) is 0 Å². The molecule has 0 heterocycles. The van der Waals surface area contributed by atoms with Crippen molar-refractivity contribution >= 4 is 12.0 Å². The molecule has 0 aromatic heterocycles. The largest absolute Gasteiger partial charge is 0.481 e. The van der Waals surface area contributed by atoms with Gasteiger partial charge in [-0.3, -0.25) is 4.79 Å². The standard InChI is InChI=1S/C12H18N2O3/c1-4-8(2)13-11(17)14-9-6-5-7-12(9,3)10(15)16/h1,8-9H,5-7H2,2-3H3,(H,15,16)(H2,13,14,17). The summed E-state index contributed by atoms with van der Waals surface area (Å²) in [5, 5.41) is 14.4. The minimum absolute atomic E-state index is 0.343. The third-order valence-electron chi connectivity index (χ3n) is 3.35. The molecule has 3 atom stereocenters. The minimum atomic E-state index is -0.878. The van der Waals surface area contributed by atoms with Gasteiger partial charge in [0.25, 0.3) is 0 Å². The summed E-state index contributed by atoms with van der Waals surface area (Å²) >= 11 is 0. The zero-order chi connectivity index (χ0) is 13.1. The molecule has 1 aliphatic carbocycles. The topological polar surface area (TPSA) is 78.4 Å². The average Bonchev–Trinajstić information content (AvgIpc) is 2.61.